The van der Waals surface area contributed by atoms with E-state index < -0.39 is 27.1 Å². The summed E-state index contributed by atoms with van der Waals surface area (Å²) in [5.74, 6) is -0.688. The van der Waals surface area contributed by atoms with Crippen LogP contribution >= 0.6 is 0 Å². The standard InChI is InChI=1S/C13H9N3O5/c14-13(17)10-4-2-1-3-9(10)8-5-6-11(15(18)19)12(7-8)16(20)21/h1-7H,(H2,14,17). The van der Waals surface area contributed by atoms with E-state index in [4.69, 9.17) is 5.73 Å². The minimum Gasteiger partial charge on any atom is -0.366 e. The van der Waals surface area contributed by atoms with Crippen LogP contribution in [0.3, 0.4) is 0 Å². The molecule has 8 nitrogen and oxygen atoms in total. The molecule has 0 aliphatic heterocycles. The molecule has 0 aliphatic carbocycles. The van der Waals surface area contributed by atoms with Gasteiger partial charge in [-0.2, -0.15) is 0 Å². The summed E-state index contributed by atoms with van der Waals surface area (Å²) in [5.41, 5.74) is 4.86. The topological polar surface area (TPSA) is 129 Å². The predicted molar refractivity (Wildman–Crippen MR) is 73.7 cm³/mol. The van der Waals surface area contributed by atoms with Gasteiger partial charge in [0.2, 0.25) is 5.91 Å². The molecule has 2 rings (SSSR count). The number of rotatable bonds is 4. The lowest BCUT2D eigenvalue weighted by Crippen LogP contribution is -2.12. The maximum atomic E-state index is 11.4. The number of carbonyl (C=O) groups excluding carboxylic acids is 1. The average Bonchev–Trinajstić information content (AvgIpc) is 2.46. The van der Waals surface area contributed by atoms with Crippen LogP contribution in [0.1, 0.15) is 10.4 Å². The number of hydrogen-bond donors (Lipinski definition) is 1. The number of nitro groups is 2. The molecule has 21 heavy (non-hydrogen) atoms. The molecule has 0 aromatic heterocycles. The summed E-state index contributed by atoms with van der Waals surface area (Å²) < 4.78 is 0. The molecule has 1 amide bonds. The van der Waals surface area contributed by atoms with Crippen molar-refractivity contribution >= 4 is 17.3 Å². The maximum Gasteiger partial charge on any atom is 0.346 e. The minimum absolute atomic E-state index is 0.181. The molecule has 0 spiro atoms. The van der Waals surface area contributed by atoms with E-state index in [9.17, 15) is 25.0 Å². The highest BCUT2D eigenvalue weighted by Crippen LogP contribution is 2.33. The van der Waals surface area contributed by atoms with E-state index >= 15 is 0 Å². The second-order valence-corrected chi connectivity index (χ2v) is 4.13. The fraction of sp³-hybridized carbons (Fsp3) is 0. The Kier molecular flexibility index (Phi) is 3.61. The molecule has 2 N–H and O–H groups in total. The highest BCUT2D eigenvalue weighted by Gasteiger charge is 2.25. The normalized spacial score (nSPS) is 10.1. The molecule has 0 saturated heterocycles. The third-order valence-electron chi connectivity index (χ3n) is 2.87. The van der Waals surface area contributed by atoms with Gasteiger partial charge in [-0.3, -0.25) is 25.0 Å². The van der Waals surface area contributed by atoms with Crippen LogP contribution in [0.25, 0.3) is 11.1 Å². The first-order chi connectivity index (χ1) is 9.91. The summed E-state index contributed by atoms with van der Waals surface area (Å²) in [4.78, 5) is 31.4. The highest BCUT2D eigenvalue weighted by molar-refractivity contribution is 6.00. The number of nitro benzene ring substituents is 2. The molecule has 106 valence electrons. The van der Waals surface area contributed by atoms with Gasteiger partial charge in [0.1, 0.15) is 0 Å². The zero-order valence-electron chi connectivity index (χ0n) is 10.6. The first-order valence-corrected chi connectivity index (χ1v) is 5.74. The fourth-order valence-corrected chi connectivity index (χ4v) is 1.94. The SMILES string of the molecule is NC(=O)c1ccccc1-c1ccc([N+](=O)[O-])c([N+](=O)[O-])c1. The molecule has 2 aromatic carbocycles. The van der Waals surface area contributed by atoms with Crippen LogP contribution in [0.5, 0.6) is 0 Å². The Morgan fingerprint density at radius 1 is 0.952 bits per heavy atom. The van der Waals surface area contributed by atoms with Crippen molar-refractivity contribution in [2.45, 2.75) is 0 Å². The second kappa shape index (κ2) is 5.37. The van der Waals surface area contributed by atoms with Crippen LogP contribution in [0.4, 0.5) is 11.4 Å². The summed E-state index contributed by atoms with van der Waals surface area (Å²) in [6, 6.07) is 9.70. The highest BCUT2D eigenvalue weighted by atomic mass is 16.6. The summed E-state index contributed by atoms with van der Waals surface area (Å²) in [7, 11) is 0. The first-order valence-electron chi connectivity index (χ1n) is 5.74. The van der Waals surface area contributed by atoms with Gasteiger partial charge in [0.15, 0.2) is 0 Å². The Labute approximate surface area is 118 Å². The molecular weight excluding hydrogens is 278 g/mol. The zero-order chi connectivity index (χ0) is 15.6. The molecule has 0 aliphatic rings. The van der Waals surface area contributed by atoms with Crippen LogP contribution < -0.4 is 5.73 Å². The minimum atomic E-state index is -0.839. The van der Waals surface area contributed by atoms with Crippen molar-refractivity contribution in [3.63, 3.8) is 0 Å². The lowest BCUT2D eigenvalue weighted by Gasteiger charge is -2.06. The van der Waals surface area contributed by atoms with Gasteiger partial charge in [0.05, 0.1) is 9.85 Å². The summed E-state index contributed by atoms with van der Waals surface area (Å²) in [6.07, 6.45) is 0. The van der Waals surface area contributed by atoms with Crippen LogP contribution in [-0.4, -0.2) is 15.8 Å². The van der Waals surface area contributed by atoms with Gasteiger partial charge in [-0.25, -0.2) is 0 Å². The monoisotopic (exact) mass is 287 g/mol. The predicted octanol–water partition coefficient (Wildman–Crippen LogP) is 2.27. The van der Waals surface area contributed by atoms with Gasteiger partial charge in [0.25, 0.3) is 0 Å². The lowest BCUT2D eigenvalue weighted by atomic mass is 9.98. The zero-order valence-corrected chi connectivity index (χ0v) is 10.6. The van der Waals surface area contributed by atoms with E-state index in [0.717, 1.165) is 12.1 Å². The van der Waals surface area contributed by atoms with Crippen LogP contribution in [0.2, 0.25) is 0 Å². The molecular formula is C13H9N3O5. The Bertz CT molecular complexity index is 757. The molecule has 0 saturated carbocycles. The van der Waals surface area contributed by atoms with Crippen molar-refractivity contribution in [2.24, 2.45) is 5.73 Å². The number of hydrogen-bond acceptors (Lipinski definition) is 5. The molecule has 2 aromatic rings. The number of primary amides is 1. The number of amides is 1. The Balaban J connectivity index is 2.67. The van der Waals surface area contributed by atoms with Gasteiger partial charge in [-0.15, -0.1) is 0 Å². The second-order valence-electron chi connectivity index (χ2n) is 4.13. The van der Waals surface area contributed by atoms with E-state index in [1.165, 1.54) is 12.1 Å². The van der Waals surface area contributed by atoms with Crippen molar-refractivity contribution in [1.82, 2.24) is 0 Å². The molecule has 0 atom stereocenters. The smallest absolute Gasteiger partial charge is 0.346 e. The Morgan fingerprint density at radius 2 is 1.57 bits per heavy atom. The van der Waals surface area contributed by atoms with Crippen molar-refractivity contribution in [2.75, 3.05) is 0 Å². The van der Waals surface area contributed by atoms with Crippen molar-refractivity contribution in [1.29, 1.82) is 0 Å². The average molecular weight is 287 g/mol. The van der Waals surface area contributed by atoms with Gasteiger partial charge >= 0.3 is 11.4 Å². The number of nitrogens with zero attached hydrogens (tertiary/aromatic N) is 2. The summed E-state index contributed by atoms with van der Waals surface area (Å²) in [5, 5.41) is 21.7. The van der Waals surface area contributed by atoms with Crippen molar-refractivity contribution < 1.29 is 14.6 Å². The molecule has 0 bridgehead atoms. The summed E-state index contributed by atoms with van der Waals surface area (Å²) >= 11 is 0. The largest absolute Gasteiger partial charge is 0.366 e. The number of benzene rings is 2. The maximum absolute atomic E-state index is 11.4. The van der Waals surface area contributed by atoms with E-state index in [0.29, 0.717) is 11.1 Å². The van der Waals surface area contributed by atoms with Gasteiger partial charge in [0, 0.05) is 17.7 Å². The lowest BCUT2D eigenvalue weighted by molar-refractivity contribution is -0.422. The third-order valence-corrected chi connectivity index (χ3v) is 2.87. The third kappa shape index (κ3) is 2.68. The van der Waals surface area contributed by atoms with Crippen LogP contribution in [0.15, 0.2) is 42.5 Å². The van der Waals surface area contributed by atoms with Gasteiger partial charge in [-0.1, -0.05) is 18.2 Å². The Hall–Kier alpha value is -3.29. The summed E-state index contributed by atoms with van der Waals surface area (Å²) in [6.45, 7) is 0. The van der Waals surface area contributed by atoms with Crippen molar-refractivity contribution in [3.8, 4) is 11.1 Å². The van der Waals surface area contributed by atoms with E-state index in [2.05, 4.69) is 0 Å². The molecule has 0 radical (unpaired) electrons. The van der Waals surface area contributed by atoms with E-state index in [1.54, 1.807) is 18.2 Å². The van der Waals surface area contributed by atoms with Crippen LogP contribution in [0, 0.1) is 20.2 Å². The quantitative estimate of drug-likeness (QED) is 0.680. The number of carbonyl (C=O) groups is 1. The first kappa shape index (κ1) is 14.1. The van der Waals surface area contributed by atoms with Gasteiger partial charge < -0.3 is 5.73 Å². The van der Waals surface area contributed by atoms with Gasteiger partial charge in [-0.05, 0) is 23.3 Å². The molecule has 8 heteroatoms. The van der Waals surface area contributed by atoms with E-state index in [1.807, 2.05) is 0 Å². The fourth-order valence-electron chi connectivity index (χ4n) is 1.94. The van der Waals surface area contributed by atoms with E-state index in [-0.39, 0.29) is 5.56 Å². The molecule has 0 fully saturated rings. The Morgan fingerprint density at radius 3 is 2.14 bits per heavy atom. The molecule has 0 heterocycles. The molecule has 0 unspecified atom stereocenters. The number of nitrogens with two attached hydrogens (primary N) is 1. The van der Waals surface area contributed by atoms with Crippen LogP contribution in [-0.2, 0) is 0 Å². The van der Waals surface area contributed by atoms with Crippen molar-refractivity contribution in [3.05, 3.63) is 68.3 Å².